The van der Waals surface area contributed by atoms with Gasteiger partial charge in [-0.2, -0.15) is 5.10 Å². The minimum Gasteiger partial charge on any atom is -0.385 e. The Bertz CT molecular complexity index is 665. The van der Waals surface area contributed by atoms with Crippen molar-refractivity contribution in [1.29, 1.82) is 0 Å². The van der Waals surface area contributed by atoms with Gasteiger partial charge in [0.2, 0.25) is 5.91 Å². The van der Waals surface area contributed by atoms with Crippen molar-refractivity contribution in [2.75, 3.05) is 11.9 Å². The molecule has 0 unspecified atom stereocenters. The molecule has 0 fully saturated rings. The number of hydrazone groups is 1. The Balaban J connectivity index is 1.69. The summed E-state index contributed by atoms with van der Waals surface area (Å²) in [5.74, 6) is -0.0636. The molecule has 23 heavy (non-hydrogen) atoms. The van der Waals surface area contributed by atoms with Crippen molar-refractivity contribution in [3.8, 4) is 0 Å². The first kappa shape index (κ1) is 16.7. The lowest BCUT2D eigenvalue weighted by Crippen LogP contribution is -2.19. The molecular formula is C19H23N3O. The number of nitrogens with one attached hydrogen (secondary N) is 2. The van der Waals surface area contributed by atoms with E-state index in [-0.39, 0.29) is 5.91 Å². The molecule has 0 aliphatic heterocycles. The third-order valence-electron chi connectivity index (χ3n) is 3.47. The molecule has 0 aliphatic rings. The molecule has 0 radical (unpaired) electrons. The molecule has 2 aromatic rings. The minimum atomic E-state index is -0.0636. The van der Waals surface area contributed by atoms with E-state index in [4.69, 9.17) is 0 Å². The number of carbonyl (C=O) groups excluding carboxylic acids is 1. The van der Waals surface area contributed by atoms with Crippen molar-refractivity contribution < 1.29 is 4.79 Å². The van der Waals surface area contributed by atoms with Crippen molar-refractivity contribution in [3.05, 3.63) is 65.7 Å². The summed E-state index contributed by atoms with van der Waals surface area (Å²) in [7, 11) is 0. The molecule has 120 valence electrons. The van der Waals surface area contributed by atoms with Gasteiger partial charge in [0.05, 0.1) is 5.71 Å². The summed E-state index contributed by atoms with van der Waals surface area (Å²) >= 11 is 0. The topological polar surface area (TPSA) is 53.5 Å². The Labute approximate surface area is 137 Å². The third-order valence-corrected chi connectivity index (χ3v) is 3.47. The van der Waals surface area contributed by atoms with Gasteiger partial charge in [-0.15, -0.1) is 0 Å². The number of hydrogen-bond donors (Lipinski definition) is 2. The number of hydrogen-bond acceptors (Lipinski definition) is 3. The minimum absolute atomic E-state index is 0.0636. The molecule has 0 spiro atoms. The van der Waals surface area contributed by atoms with Gasteiger partial charge in [0.1, 0.15) is 0 Å². The second-order valence-corrected chi connectivity index (χ2v) is 5.50. The number of rotatable bonds is 7. The van der Waals surface area contributed by atoms with Gasteiger partial charge in [0.25, 0.3) is 0 Å². The van der Waals surface area contributed by atoms with Crippen LogP contribution < -0.4 is 10.7 Å². The van der Waals surface area contributed by atoms with Crippen molar-refractivity contribution in [3.63, 3.8) is 0 Å². The fourth-order valence-corrected chi connectivity index (χ4v) is 2.18. The van der Waals surface area contributed by atoms with Crippen LogP contribution in [-0.2, 0) is 4.79 Å². The van der Waals surface area contributed by atoms with E-state index in [9.17, 15) is 4.79 Å². The first-order valence-electron chi connectivity index (χ1n) is 7.84. The molecule has 0 aliphatic carbocycles. The van der Waals surface area contributed by atoms with Gasteiger partial charge >= 0.3 is 0 Å². The van der Waals surface area contributed by atoms with Gasteiger partial charge in [-0.25, -0.2) is 5.43 Å². The zero-order chi connectivity index (χ0) is 16.5. The van der Waals surface area contributed by atoms with Gasteiger partial charge in [0, 0.05) is 18.7 Å². The summed E-state index contributed by atoms with van der Waals surface area (Å²) in [5.41, 5.74) is 6.73. The molecule has 0 heterocycles. The van der Waals surface area contributed by atoms with Crippen molar-refractivity contribution >= 4 is 17.3 Å². The number of amides is 1. The van der Waals surface area contributed by atoms with Crippen LogP contribution in [0.5, 0.6) is 0 Å². The SMILES string of the molecule is CC(=NNC(=O)CCCNc1cccc(C)c1)c1ccccc1. The van der Waals surface area contributed by atoms with Gasteiger partial charge < -0.3 is 5.32 Å². The molecule has 0 bridgehead atoms. The molecule has 4 heteroatoms. The van der Waals surface area contributed by atoms with Crippen molar-refractivity contribution in [1.82, 2.24) is 5.43 Å². The van der Waals surface area contributed by atoms with E-state index in [0.717, 1.165) is 29.9 Å². The zero-order valence-corrected chi connectivity index (χ0v) is 13.7. The summed E-state index contributed by atoms with van der Waals surface area (Å²) in [4.78, 5) is 11.8. The largest absolute Gasteiger partial charge is 0.385 e. The highest BCUT2D eigenvalue weighted by atomic mass is 16.2. The van der Waals surface area contributed by atoms with E-state index in [2.05, 4.69) is 34.9 Å². The molecule has 0 atom stereocenters. The number of aryl methyl sites for hydroxylation is 1. The Hall–Kier alpha value is -2.62. The Morgan fingerprint density at radius 2 is 1.87 bits per heavy atom. The van der Waals surface area contributed by atoms with Gasteiger partial charge in [-0.1, -0.05) is 42.5 Å². The molecule has 2 rings (SSSR count). The van der Waals surface area contributed by atoms with Crippen LogP contribution in [0.15, 0.2) is 59.7 Å². The third kappa shape index (κ3) is 5.94. The lowest BCUT2D eigenvalue weighted by atomic mass is 10.1. The van der Waals surface area contributed by atoms with Crippen LogP contribution in [0.3, 0.4) is 0 Å². The van der Waals surface area contributed by atoms with Crippen LogP contribution in [0, 0.1) is 6.92 Å². The normalized spacial score (nSPS) is 11.1. The smallest absolute Gasteiger partial charge is 0.240 e. The monoisotopic (exact) mass is 309 g/mol. The van der Waals surface area contributed by atoms with E-state index < -0.39 is 0 Å². The number of nitrogens with zero attached hydrogens (tertiary/aromatic N) is 1. The molecule has 1 amide bonds. The van der Waals surface area contributed by atoms with E-state index in [1.54, 1.807) is 0 Å². The molecule has 2 aromatic carbocycles. The van der Waals surface area contributed by atoms with E-state index >= 15 is 0 Å². The quantitative estimate of drug-likeness (QED) is 0.465. The summed E-state index contributed by atoms with van der Waals surface area (Å²) in [6, 6.07) is 18.0. The van der Waals surface area contributed by atoms with Crippen LogP contribution in [0.1, 0.15) is 30.9 Å². The Kier molecular flexibility index (Phi) is 6.36. The first-order valence-corrected chi connectivity index (χ1v) is 7.84. The molecule has 4 nitrogen and oxygen atoms in total. The van der Waals surface area contributed by atoms with E-state index in [0.29, 0.717) is 6.42 Å². The second kappa shape index (κ2) is 8.73. The fourth-order valence-electron chi connectivity index (χ4n) is 2.18. The first-order chi connectivity index (χ1) is 11.1. The predicted molar refractivity (Wildman–Crippen MR) is 95.7 cm³/mol. The average Bonchev–Trinajstić information content (AvgIpc) is 2.57. The van der Waals surface area contributed by atoms with E-state index in [1.165, 1.54) is 5.56 Å². The molecular weight excluding hydrogens is 286 g/mol. The average molecular weight is 309 g/mol. The molecule has 0 saturated heterocycles. The lowest BCUT2D eigenvalue weighted by Gasteiger charge is -2.07. The zero-order valence-electron chi connectivity index (χ0n) is 13.7. The number of benzene rings is 2. The van der Waals surface area contributed by atoms with E-state index in [1.807, 2.05) is 49.4 Å². The van der Waals surface area contributed by atoms with Crippen LogP contribution in [0.2, 0.25) is 0 Å². The standard InChI is InChI=1S/C19H23N3O/c1-15-8-6-11-18(14-15)20-13-7-12-19(23)22-21-16(2)17-9-4-3-5-10-17/h3-6,8-11,14,20H,7,12-13H2,1-2H3,(H,22,23). The second-order valence-electron chi connectivity index (χ2n) is 5.50. The highest BCUT2D eigenvalue weighted by molar-refractivity contribution is 5.99. The number of anilines is 1. The summed E-state index contributed by atoms with van der Waals surface area (Å²) in [5, 5.41) is 7.46. The summed E-state index contributed by atoms with van der Waals surface area (Å²) < 4.78 is 0. The maximum absolute atomic E-state index is 11.8. The molecule has 2 N–H and O–H groups in total. The van der Waals surface area contributed by atoms with Crippen LogP contribution >= 0.6 is 0 Å². The van der Waals surface area contributed by atoms with Crippen LogP contribution in [-0.4, -0.2) is 18.2 Å². The summed E-state index contributed by atoms with van der Waals surface area (Å²) in [6.45, 7) is 4.71. The van der Waals surface area contributed by atoms with Crippen LogP contribution in [0.4, 0.5) is 5.69 Å². The summed E-state index contributed by atoms with van der Waals surface area (Å²) in [6.07, 6.45) is 1.21. The lowest BCUT2D eigenvalue weighted by molar-refractivity contribution is -0.121. The predicted octanol–water partition coefficient (Wildman–Crippen LogP) is 3.73. The van der Waals surface area contributed by atoms with Crippen molar-refractivity contribution in [2.45, 2.75) is 26.7 Å². The van der Waals surface area contributed by atoms with Gasteiger partial charge in [-0.05, 0) is 43.5 Å². The Morgan fingerprint density at radius 1 is 1.09 bits per heavy atom. The molecule has 0 saturated carbocycles. The highest BCUT2D eigenvalue weighted by Crippen LogP contribution is 2.09. The molecule has 0 aromatic heterocycles. The number of carbonyl (C=O) groups is 1. The Morgan fingerprint density at radius 3 is 2.61 bits per heavy atom. The van der Waals surface area contributed by atoms with Crippen molar-refractivity contribution in [2.24, 2.45) is 5.10 Å². The maximum Gasteiger partial charge on any atom is 0.240 e. The van der Waals surface area contributed by atoms with Gasteiger partial charge in [-0.3, -0.25) is 4.79 Å². The fraction of sp³-hybridized carbons (Fsp3) is 0.263. The van der Waals surface area contributed by atoms with Gasteiger partial charge in [0.15, 0.2) is 0 Å². The maximum atomic E-state index is 11.8. The highest BCUT2D eigenvalue weighted by Gasteiger charge is 2.01. The van der Waals surface area contributed by atoms with Crippen LogP contribution in [0.25, 0.3) is 0 Å².